The van der Waals surface area contributed by atoms with Crippen LogP contribution in [0.2, 0.25) is 0 Å². The summed E-state index contributed by atoms with van der Waals surface area (Å²) in [6, 6.07) is 8.67. The molecule has 0 N–H and O–H groups in total. The molecule has 106 valence electrons. The molecular formula is C15H16O5. The Bertz CT molecular complexity index is 506. The van der Waals surface area contributed by atoms with E-state index in [1.54, 1.807) is 31.2 Å². The minimum atomic E-state index is -0.912. The van der Waals surface area contributed by atoms with Gasteiger partial charge in [0.15, 0.2) is 5.78 Å². The molecule has 1 aromatic carbocycles. The topological polar surface area (TPSA) is 61.8 Å². The van der Waals surface area contributed by atoms with Crippen molar-refractivity contribution in [1.82, 2.24) is 0 Å². The summed E-state index contributed by atoms with van der Waals surface area (Å²) in [7, 11) is 0. The predicted octanol–water partition coefficient (Wildman–Crippen LogP) is 2.28. The van der Waals surface area contributed by atoms with E-state index in [4.69, 9.17) is 14.2 Å². The Morgan fingerprint density at radius 1 is 1.30 bits per heavy atom. The number of hydrogen-bond acceptors (Lipinski definition) is 5. The number of allylic oxidation sites excluding steroid dienone is 1. The number of rotatable bonds is 6. The number of benzene rings is 1. The smallest absolute Gasteiger partial charge is 0.317 e. The van der Waals surface area contributed by atoms with Crippen molar-refractivity contribution in [2.75, 3.05) is 13.4 Å². The molecule has 0 amide bonds. The van der Waals surface area contributed by atoms with Crippen molar-refractivity contribution in [3.63, 3.8) is 0 Å². The summed E-state index contributed by atoms with van der Waals surface area (Å²) in [5, 5.41) is 0. The van der Waals surface area contributed by atoms with Gasteiger partial charge >= 0.3 is 5.97 Å². The number of ether oxygens (including phenoxy) is 3. The number of carbonyl (C=O) groups is 2. The lowest BCUT2D eigenvalue weighted by atomic mass is 9.94. The number of hydrogen-bond donors (Lipinski definition) is 0. The maximum atomic E-state index is 12.4. The Kier molecular flexibility index (Phi) is 4.76. The Labute approximate surface area is 117 Å². The molecule has 5 nitrogen and oxygen atoms in total. The average Bonchev–Trinajstić information content (AvgIpc) is 2.98. The highest BCUT2D eigenvalue weighted by molar-refractivity contribution is 6.08. The fourth-order valence-electron chi connectivity index (χ4n) is 1.91. The lowest BCUT2D eigenvalue weighted by Gasteiger charge is -2.14. The van der Waals surface area contributed by atoms with Gasteiger partial charge in [-0.3, -0.25) is 9.59 Å². The summed E-state index contributed by atoms with van der Waals surface area (Å²) in [6.07, 6.45) is 1.57. The quantitative estimate of drug-likeness (QED) is 0.453. The molecule has 0 fully saturated rings. The van der Waals surface area contributed by atoms with E-state index >= 15 is 0 Å². The minimum Gasteiger partial charge on any atom is -0.465 e. The van der Waals surface area contributed by atoms with Crippen molar-refractivity contribution in [2.45, 2.75) is 13.3 Å². The van der Waals surface area contributed by atoms with E-state index in [0.717, 1.165) is 0 Å². The standard InChI is InChI=1S/C15H16O5/c1-2-19-15(17)13(8-12-9-18-10-20-12)14(16)11-6-4-3-5-7-11/h3-7,9,13H,2,8,10H2,1H3. The Morgan fingerprint density at radius 2 is 2.05 bits per heavy atom. The van der Waals surface area contributed by atoms with Gasteiger partial charge in [-0.15, -0.1) is 0 Å². The van der Waals surface area contributed by atoms with Crippen molar-refractivity contribution >= 4 is 11.8 Å². The second-order valence-electron chi connectivity index (χ2n) is 4.25. The number of carbonyl (C=O) groups excluding carboxylic acids is 2. The van der Waals surface area contributed by atoms with Crippen LogP contribution in [0.3, 0.4) is 0 Å². The van der Waals surface area contributed by atoms with Crippen molar-refractivity contribution < 1.29 is 23.8 Å². The van der Waals surface area contributed by atoms with Gasteiger partial charge in [-0.1, -0.05) is 30.3 Å². The third-order valence-electron chi connectivity index (χ3n) is 2.88. The Balaban J connectivity index is 2.17. The summed E-state index contributed by atoms with van der Waals surface area (Å²) in [4.78, 5) is 24.4. The lowest BCUT2D eigenvalue weighted by Crippen LogP contribution is -2.27. The van der Waals surface area contributed by atoms with Crippen LogP contribution in [0, 0.1) is 5.92 Å². The zero-order valence-corrected chi connectivity index (χ0v) is 11.2. The molecule has 1 aliphatic heterocycles. The monoisotopic (exact) mass is 276 g/mol. The second kappa shape index (κ2) is 6.75. The van der Waals surface area contributed by atoms with E-state index in [1.807, 2.05) is 6.07 Å². The molecule has 1 atom stereocenters. The summed E-state index contributed by atoms with van der Waals surface area (Å²) in [5.74, 6) is -1.25. The summed E-state index contributed by atoms with van der Waals surface area (Å²) < 4.78 is 15.1. The predicted molar refractivity (Wildman–Crippen MR) is 70.6 cm³/mol. The van der Waals surface area contributed by atoms with Gasteiger partial charge < -0.3 is 14.2 Å². The molecule has 5 heteroatoms. The molecule has 0 aliphatic carbocycles. The molecule has 0 radical (unpaired) electrons. The van der Waals surface area contributed by atoms with Gasteiger partial charge in [0.25, 0.3) is 0 Å². The molecule has 1 heterocycles. The van der Waals surface area contributed by atoms with Crippen molar-refractivity contribution in [1.29, 1.82) is 0 Å². The van der Waals surface area contributed by atoms with E-state index in [-0.39, 0.29) is 25.6 Å². The third kappa shape index (κ3) is 3.38. The molecule has 20 heavy (non-hydrogen) atoms. The minimum absolute atomic E-state index is 0.115. The zero-order valence-electron chi connectivity index (χ0n) is 11.2. The largest absolute Gasteiger partial charge is 0.465 e. The molecule has 1 aromatic rings. The molecule has 0 spiro atoms. The van der Waals surface area contributed by atoms with Crippen LogP contribution in [0.15, 0.2) is 42.4 Å². The molecule has 0 aromatic heterocycles. The SMILES string of the molecule is CCOC(=O)C(CC1=COCO1)C(=O)c1ccccc1. The van der Waals surface area contributed by atoms with E-state index in [2.05, 4.69) is 0 Å². The van der Waals surface area contributed by atoms with Gasteiger partial charge in [0.1, 0.15) is 17.9 Å². The zero-order chi connectivity index (χ0) is 14.4. The number of ketones is 1. The molecule has 1 unspecified atom stereocenters. The van der Waals surface area contributed by atoms with Gasteiger partial charge in [0.2, 0.25) is 6.79 Å². The lowest BCUT2D eigenvalue weighted by molar-refractivity contribution is -0.146. The van der Waals surface area contributed by atoms with Crippen LogP contribution in [-0.4, -0.2) is 25.2 Å². The van der Waals surface area contributed by atoms with Crippen LogP contribution >= 0.6 is 0 Å². The molecule has 0 bridgehead atoms. The first-order valence-electron chi connectivity index (χ1n) is 6.41. The van der Waals surface area contributed by atoms with Gasteiger partial charge in [-0.25, -0.2) is 0 Å². The highest BCUT2D eigenvalue weighted by Crippen LogP contribution is 2.22. The van der Waals surface area contributed by atoms with E-state index in [0.29, 0.717) is 11.3 Å². The molecular weight excluding hydrogens is 260 g/mol. The van der Waals surface area contributed by atoms with Crippen LogP contribution in [0.4, 0.5) is 0 Å². The summed E-state index contributed by atoms with van der Waals surface area (Å²) in [5.41, 5.74) is 0.477. The van der Waals surface area contributed by atoms with Gasteiger partial charge in [-0.05, 0) is 6.92 Å². The fourth-order valence-corrected chi connectivity index (χ4v) is 1.91. The van der Waals surface area contributed by atoms with Gasteiger partial charge in [0, 0.05) is 12.0 Å². The van der Waals surface area contributed by atoms with E-state index in [9.17, 15) is 9.59 Å². The highest BCUT2D eigenvalue weighted by atomic mass is 16.7. The van der Waals surface area contributed by atoms with Crippen LogP contribution in [0.1, 0.15) is 23.7 Å². The normalized spacial score (nSPS) is 14.8. The fraction of sp³-hybridized carbons (Fsp3) is 0.333. The maximum Gasteiger partial charge on any atom is 0.317 e. The molecule has 2 rings (SSSR count). The first-order chi connectivity index (χ1) is 9.72. The third-order valence-corrected chi connectivity index (χ3v) is 2.88. The number of esters is 1. The second-order valence-corrected chi connectivity index (χ2v) is 4.25. The molecule has 0 saturated carbocycles. The Hall–Kier alpha value is -2.30. The molecule has 1 aliphatic rings. The van der Waals surface area contributed by atoms with E-state index < -0.39 is 11.9 Å². The summed E-state index contributed by atoms with van der Waals surface area (Å²) in [6.45, 7) is 2.05. The van der Waals surface area contributed by atoms with Crippen LogP contribution in [0.25, 0.3) is 0 Å². The van der Waals surface area contributed by atoms with E-state index in [1.165, 1.54) is 6.26 Å². The first kappa shape index (κ1) is 14.1. The van der Waals surface area contributed by atoms with Crippen molar-refractivity contribution in [3.05, 3.63) is 47.9 Å². The highest BCUT2D eigenvalue weighted by Gasteiger charge is 2.31. The van der Waals surface area contributed by atoms with Crippen molar-refractivity contribution in [3.8, 4) is 0 Å². The molecule has 0 saturated heterocycles. The summed E-state index contributed by atoms with van der Waals surface area (Å²) >= 11 is 0. The maximum absolute atomic E-state index is 12.4. The average molecular weight is 276 g/mol. The van der Waals surface area contributed by atoms with Gasteiger partial charge in [-0.2, -0.15) is 0 Å². The van der Waals surface area contributed by atoms with Crippen LogP contribution in [0.5, 0.6) is 0 Å². The first-order valence-corrected chi connectivity index (χ1v) is 6.41. The van der Waals surface area contributed by atoms with Crippen molar-refractivity contribution in [2.24, 2.45) is 5.92 Å². The van der Waals surface area contributed by atoms with Crippen LogP contribution < -0.4 is 0 Å². The van der Waals surface area contributed by atoms with Gasteiger partial charge in [0.05, 0.1) is 6.61 Å². The van der Waals surface area contributed by atoms with Crippen LogP contribution in [-0.2, 0) is 19.0 Å². The Morgan fingerprint density at radius 3 is 2.65 bits per heavy atom. The number of Topliss-reactive ketones (excluding diaryl/α,β-unsaturated/α-hetero) is 1.